The van der Waals surface area contributed by atoms with Gasteiger partial charge in [0.15, 0.2) is 0 Å². The Labute approximate surface area is 99.4 Å². The lowest BCUT2D eigenvalue weighted by Crippen LogP contribution is -2.30. The molecule has 0 saturated carbocycles. The van der Waals surface area contributed by atoms with Gasteiger partial charge in [-0.1, -0.05) is 28.1 Å². The highest BCUT2D eigenvalue weighted by Gasteiger charge is 2.11. The first-order chi connectivity index (χ1) is 7.22. The van der Waals surface area contributed by atoms with Crippen LogP contribution in [0.5, 0.6) is 0 Å². The summed E-state index contributed by atoms with van der Waals surface area (Å²) in [5, 5.41) is 0.826. The van der Waals surface area contributed by atoms with Gasteiger partial charge < -0.3 is 4.90 Å². The molecule has 0 aliphatic rings. The van der Waals surface area contributed by atoms with Crippen LogP contribution in [-0.4, -0.2) is 23.9 Å². The zero-order chi connectivity index (χ0) is 11.3. The molecule has 15 heavy (non-hydrogen) atoms. The molecule has 0 radical (unpaired) electrons. The minimum atomic E-state index is 0.112. The van der Waals surface area contributed by atoms with Crippen LogP contribution in [-0.2, 0) is 5.33 Å². The highest BCUT2D eigenvalue weighted by atomic mass is 79.9. The van der Waals surface area contributed by atoms with Crippen LogP contribution in [0.4, 0.5) is 0 Å². The van der Waals surface area contributed by atoms with Gasteiger partial charge in [-0.2, -0.15) is 0 Å². The minimum absolute atomic E-state index is 0.112. The van der Waals surface area contributed by atoms with Crippen LogP contribution < -0.4 is 0 Å². The maximum absolute atomic E-state index is 11.9. The molecule has 0 N–H and O–H groups in total. The monoisotopic (exact) mass is 269 g/mol. The Morgan fingerprint density at radius 2 is 1.73 bits per heavy atom. The van der Waals surface area contributed by atoms with Gasteiger partial charge in [0.1, 0.15) is 0 Å². The van der Waals surface area contributed by atoms with E-state index >= 15 is 0 Å². The van der Waals surface area contributed by atoms with Crippen LogP contribution in [0.25, 0.3) is 0 Å². The summed E-state index contributed by atoms with van der Waals surface area (Å²) in [6, 6.07) is 7.73. The van der Waals surface area contributed by atoms with E-state index in [2.05, 4.69) is 15.9 Å². The summed E-state index contributed by atoms with van der Waals surface area (Å²) in [4.78, 5) is 13.7. The Bertz CT molecular complexity index is 317. The van der Waals surface area contributed by atoms with Gasteiger partial charge in [0, 0.05) is 24.0 Å². The topological polar surface area (TPSA) is 20.3 Å². The summed E-state index contributed by atoms with van der Waals surface area (Å²) in [5.74, 6) is 0.112. The molecule has 3 heteroatoms. The molecule has 0 aliphatic carbocycles. The maximum Gasteiger partial charge on any atom is 0.253 e. The van der Waals surface area contributed by atoms with E-state index in [0.717, 1.165) is 24.0 Å². The lowest BCUT2D eigenvalue weighted by molar-refractivity contribution is 0.0773. The summed E-state index contributed by atoms with van der Waals surface area (Å²) in [6.45, 7) is 5.51. The van der Waals surface area contributed by atoms with Crippen molar-refractivity contribution in [1.82, 2.24) is 4.90 Å². The van der Waals surface area contributed by atoms with Crippen LogP contribution in [0.15, 0.2) is 24.3 Å². The first kappa shape index (κ1) is 12.2. The largest absolute Gasteiger partial charge is 0.339 e. The van der Waals surface area contributed by atoms with Crippen LogP contribution in [0.1, 0.15) is 29.8 Å². The molecule has 0 spiro atoms. The molecule has 0 bridgehead atoms. The van der Waals surface area contributed by atoms with Crippen LogP contribution in [0.2, 0.25) is 0 Å². The molecule has 0 fully saturated rings. The Kier molecular flexibility index (Phi) is 4.82. The molecule has 1 aromatic carbocycles. The van der Waals surface area contributed by atoms with E-state index in [1.54, 1.807) is 0 Å². The molecule has 0 atom stereocenters. The number of halogens is 1. The normalized spacial score (nSPS) is 10.1. The van der Waals surface area contributed by atoms with Gasteiger partial charge >= 0.3 is 0 Å². The quantitative estimate of drug-likeness (QED) is 0.770. The number of carbonyl (C=O) groups excluding carboxylic acids is 1. The molecular formula is C12H16BrNO. The number of hydrogen-bond donors (Lipinski definition) is 0. The van der Waals surface area contributed by atoms with Crippen molar-refractivity contribution in [1.29, 1.82) is 0 Å². The Morgan fingerprint density at radius 1 is 1.20 bits per heavy atom. The highest BCUT2D eigenvalue weighted by Crippen LogP contribution is 2.10. The van der Waals surface area contributed by atoms with Crippen LogP contribution in [0, 0.1) is 0 Å². The third kappa shape index (κ3) is 3.06. The summed E-state index contributed by atoms with van der Waals surface area (Å²) >= 11 is 3.38. The molecule has 0 heterocycles. The SMILES string of the molecule is CCN(CC)C(=O)c1ccc(CBr)cc1. The Balaban J connectivity index is 2.82. The lowest BCUT2D eigenvalue weighted by atomic mass is 10.1. The van der Waals surface area contributed by atoms with Crippen LogP contribution >= 0.6 is 15.9 Å². The van der Waals surface area contributed by atoms with Gasteiger partial charge in [-0.25, -0.2) is 0 Å². The van der Waals surface area contributed by atoms with E-state index < -0.39 is 0 Å². The van der Waals surface area contributed by atoms with E-state index in [4.69, 9.17) is 0 Å². The van der Waals surface area contributed by atoms with Gasteiger partial charge in [0.05, 0.1) is 0 Å². The van der Waals surface area contributed by atoms with Gasteiger partial charge in [-0.3, -0.25) is 4.79 Å². The van der Waals surface area contributed by atoms with Crippen molar-refractivity contribution in [3.63, 3.8) is 0 Å². The number of amides is 1. The molecule has 1 rings (SSSR count). The number of hydrogen-bond acceptors (Lipinski definition) is 1. The predicted octanol–water partition coefficient (Wildman–Crippen LogP) is 3.06. The second kappa shape index (κ2) is 5.91. The van der Waals surface area contributed by atoms with E-state index in [-0.39, 0.29) is 5.91 Å². The Morgan fingerprint density at radius 3 is 2.13 bits per heavy atom. The lowest BCUT2D eigenvalue weighted by Gasteiger charge is -2.18. The van der Waals surface area contributed by atoms with E-state index in [1.807, 2.05) is 43.0 Å². The minimum Gasteiger partial charge on any atom is -0.339 e. The van der Waals surface area contributed by atoms with Crippen molar-refractivity contribution in [2.24, 2.45) is 0 Å². The molecule has 82 valence electrons. The van der Waals surface area contributed by atoms with Crippen molar-refractivity contribution < 1.29 is 4.79 Å². The number of alkyl halides is 1. The maximum atomic E-state index is 11.9. The average molecular weight is 270 g/mol. The first-order valence-corrected chi connectivity index (χ1v) is 6.29. The van der Waals surface area contributed by atoms with Crippen molar-refractivity contribution in [2.45, 2.75) is 19.2 Å². The summed E-state index contributed by atoms with van der Waals surface area (Å²) in [6.07, 6.45) is 0. The summed E-state index contributed by atoms with van der Waals surface area (Å²) in [5.41, 5.74) is 1.95. The third-order valence-electron chi connectivity index (χ3n) is 2.41. The predicted molar refractivity (Wildman–Crippen MR) is 66.3 cm³/mol. The second-order valence-corrected chi connectivity index (χ2v) is 3.87. The van der Waals surface area contributed by atoms with Gasteiger partial charge in [-0.05, 0) is 31.5 Å². The molecule has 1 aromatic rings. The second-order valence-electron chi connectivity index (χ2n) is 3.31. The third-order valence-corrected chi connectivity index (χ3v) is 3.05. The van der Waals surface area contributed by atoms with Crippen LogP contribution in [0.3, 0.4) is 0 Å². The number of carbonyl (C=O) groups is 1. The molecule has 0 aromatic heterocycles. The van der Waals surface area contributed by atoms with Gasteiger partial charge in [-0.15, -0.1) is 0 Å². The molecule has 2 nitrogen and oxygen atoms in total. The fourth-order valence-electron chi connectivity index (χ4n) is 1.43. The average Bonchev–Trinajstić information content (AvgIpc) is 2.30. The van der Waals surface area contributed by atoms with Crippen molar-refractivity contribution >= 4 is 21.8 Å². The smallest absolute Gasteiger partial charge is 0.253 e. The van der Waals surface area contributed by atoms with E-state index in [1.165, 1.54) is 5.56 Å². The fourth-order valence-corrected chi connectivity index (χ4v) is 1.80. The van der Waals surface area contributed by atoms with E-state index in [9.17, 15) is 4.79 Å². The van der Waals surface area contributed by atoms with Crippen molar-refractivity contribution in [3.05, 3.63) is 35.4 Å². The zero-order valence-electron chi connectivity index (χ0n) is 9.16. The number of nitrogens with zero attached hydrogens (tertiary/aromatic N) is 1. The summed E-state index contributed by atoms with van der Waals surface area (Å²) < 4.78 is 0. The molecule has 0 aliphatic heterocycles. The van der Waals surface area contributed by atoms with Gasteiger partial charge in [0.2, 0.25) is 0 Å². The standard InChI is InChI=1S/C12H16BrNO/c1-3-14(4-2)12(15)11-7-5-10(9-13)6-8-11/h5-8H,3-4,9H2,1-2H3. The van der Waals surface area contributed by atoms with Crippen molar-refractivity contribution in [2.75, 3.05) is 13.1 Å². The zero-order valence-corrected chi connectivity index (χ0v) is 10.8. The highest BCUT2D eigenvalue weighted by molar-refractivity contribution is 9.08. The van der Waals surface area contributed by atoms with Crippen molar-refractivity contribution in [3.8, 4) is 0 Å². The molecular weight excluding hydrogens is 254 g/mol. The first-order valence-electron chi connectivity index (χ1n) is 5.17. The molecule has 0 unspecified atom stereocenters. The van der Waals surface area contributed by atoms with E-state index in [0.29, 0.717) is 0 Å². The van der Waals surface area contributed by atoms with Gasteiger partial charge in [0.25, 0.3) is 5.91 Å². The summed E-state index contributed by atoms with van der Waals surface area (Å²) in [7, 11) is 0. The molecule has 0 saturated heterocycles. The fraction of sp³-hybridized carbons (Fsp3) is 0.417. The number of rotatable bonds is 4. The number of benzene rings is 1. The molecule has 1 amide bonds. The Hall–Kier alpha value is -0.830.